The van der Waals surface area contributed by atoms with Crippen molar-refractivity contribution in [3.05, 3.63) is 34.2 Å². The third-order valence-corrected chi connectivity index (χ3v) is 5.92. The second kappa shape index (κ2) is 6.07. The fourth-order valence-electron chi connectivity index (χ4n) is 1.38. The number of hydrogen-bond acceptors (Lipinski definition) is 5. The topological polar surface area (TPSA) is 88.4 Å². The van der Waals surface area contributed by atoms with E-state index < -0.39 is 75.7 Å². The number of benzene rings is 1. The molecule has 0 aliphatic rings. The summed E-state index contributed by atoms with van der Waals surface area (Å²) in [6.07, 6.45) is -11.2. The Kier molecular flexibility index (Phi) is 5.17. The lowest BCUT2D eigenvalue weighted by Crippen LogP contribution is -2.36. The molecule has 0 aromatic heterocycles. The Morgan fingerprint density at radius 1 is 0.692 bits per heavy atom. The van der Waals surface area contributed by atoms with Crippen LogP contribution in [-0.4, -0.2) is 25.9 Å². The van der Waals surface area contributed by atoms with Gasteiger partial charge in [0.2, 0.25) is 0 Å². The third-order valence-electron chi connectivity index (χ3n) is 2.54. The summed E-state index contributed by atoms with van der Waals surface area (Å²) < 4.78 is 154. The van der Waals surface area contributed by atoms with Gasteiger partial charge in [0, 0.05) is 0 Å². The van der Waals surface area contributed by atoms with Crippen molar-refractivity contribution >= 4 is 20.0 Å². The van der Waals surface area contributed by atoms with Gasteiger partial charge in [-0.15, -0.1) is 8.42 Å². The van der Waals surface area contributed by atoms with Crippen molar-refractivity contribution in [2.75, 3.05) is 0 Å². The largest absolute Gasteiger partial charge is 0.566 e. The second-order valence-corrected chi connectivity index (χ2v) is 8.09. The van der Waals surface area contributed by atoms with E-state index in [1.165, 1.54) is 0 Å². The van der Waals surface area contributed by atoms with Crippen LogP contribution in [0.1, 0.15) is 11.1 Å². The zero-order valence-electron chi connectivity index (χ0n) is 11.4. The molecule has 0 aliphatic heterocycles. The fraction of sp³-hybridized carbons (Fsp3) is 0.333. The molecule has 0 saturated carbocycles. The fourth-order valence-corrected chi connectivity index (χ4v) is 3.81. The van der Waals surface area contributed by atoms with Gasteiger partial charge < -0.3 is 0 Å². The molecule has 0 bridgehead atoms. The van der Waals surface area contributed by atoms with Crippen molar-refractivity contribution in [3.63, 3.8) is 0 Å². The van der Waals surface area contributed by atoms with Crippen molar-refractivity contribution in [1.29, 1.82) is 0 Å². The van der Waals surface area contributed by atoms with E-state index in [4.69, 9.17) is 0 Å². The number of rotatable bonds is 3. The molecular formula is C9H3F9NO5S2+. The summed E-state index contributed by atoms with van der Waals surface area (Å²) in [4.78, 5) is 8.87. The highest BCUT2D eigenvalue weighted by Crippen LogP contribution is 2.38. The molecular weight excluding hydrogens is 437 g/mol. The molecule has 148 valence electrons. The molecule has 0 fully saturated rings. The number of nitroso groups, excluding NO2 is 1. The Labute approximate surface area is 137 Å². The number of nitrogens with zero attached hydrogens (tertiary/aromatic N) is 1. The van der Waals surface area contributed by atoms with Gasteiger partial charge in [0.15, 0.2) is 0 Å². The highest BCUT2D eigenvalue weighted by atomic mass is 32.3. The minimum absolute atomic E-state index is 0.577. The number of halogens is 9. The molecule has 0 radical (unpaired) electrons. The summed E-state index contributed by atoms with van der Waals surface area (Å²) in [7, 11) is -13.6. The van der Waals surface area contributed by atoms with Crippen molar-refractivity contribution in [3.8, 4) is 0 Å². The number of hydrogen-bond donors (Lipinski definition) is 0. The van der Waals surface area contributed by atoms with E-state index in [0.29, 0.717) is 0 Å². The summed E-state index contributed by atoms with van der Waals surface area (Å²) in [5.74, 6) is 0. The molecule has 1 rings (SSSR count). The molecule has 0 unspecified atom stereocenters. The van der Waals surface area contributed by atoms with Gasteiger partial charge in [-0.25, -0.2) is 0 Å². The van der Waals surface area contributed by atoms with Crippen LogP contribution < -0.4 is 0 Å². The molecule has 0 heterocycles. The monoisotopic (exact) mass is 440 g/mol. The van der Waals surface area contributed by atoms with E-state index in [0.717, 1.165) is 0 Å². The molecule has 0 atom stereocenters. The maximum Gasteiger partial charge on any atom is 0.566 e. The lowest BCUT2D eigenvalue weighted by Gasteiger charge is -2.12. The van der Waals surface area contributed by atoms with Gasteiger partial charge >= 0.3 is 37.9 Å². The normalized spacial score (nSPS) is 14.3. The Hall–Kier alpha value is -1.91. The van der Waals surface area contributed by atoms with Crippen molar-refractivity contribution in [2.24, 2.45) is 0 Å². The van der Waals surface area contributed by atoms with Crippen LogP contribution in [0.2, 0.25) is 0 Å². The molecule has 26 heavy (non-hydrogen) atoms. The average Bonchev–Trinajstić information content (AvgIpc) is 2.42. The molecule has 0 spiro atoms. The summed E-state index contributed by atoms with van der Waals surface area (Å²) in [6, 6.07) is -1.80. The van der Waals surface area contributed by atoms with Crippen LogP contribution in [0, 0.1) is 4.91 Å². The van der Waals surface area contributed by atoms with Crippen molar-refractivity contribution in [2.45, 2.75) is 22.8 Å². The second-order valence-electron chi connectivity index (χ2n) is 4.36. The predicted molar refractivity (Wildman–Crippen MR) is 62.2 cm³/mol. The first-order valence-electron chi connectivity index (χ1n) is 5.56. The summed E-state index contributed by atoms with van der Waals surface area (Å²) in [5, 5.41) is 0. The van der Waals surface area contributed by atoms with Crippen LogP contribution in [0.5, 0.6) is 0 Å². The lowest BCUT2D eigenvalue weighted by molar-refractivity contribution is -0.231. The van der Waals surface area contributed by atoms with Crippen molar-refractivity contribution in [1.82, 2.24) is 0 Å². The van der Waals surface area contributed by atoms with Gasteiger partial charge in [0.05, 0.1) is 16.0 Å². The van der Waals surface area contributed by atoms with Crippen molar-refractivity contribution < 1.29 is 59.9 Å². The summed E-state index contributed by atoms with van der Waals surface area (Å²) in [6.45, 7) is 0. The molecule has 0 amide bonds. The molecule has 0 N–H and O–H groups in total. The van der Waals surface area contributed by atoms with Gasteiger partial charge in [-0.05, 0) is 18.2 Å². The lowest BCUT2D eigenvalue weighted by atomic mass is 10.1. The minimum atomic E-state index is -7.15. The average molecular weight is 440 g/mol. The maximum atomic E-state index is 12.6. The van der Waals surface area contributed by atoms with Gasteiger partial charge in [-0.2, -0.15) is 47.9 Å². The Morgan fingerprint density at radius 3 is 1.31 bits per heavy atom. The minimum Gasteiger partial charge on any atom is -0.166 e. The van der Waals surface area contributed by atoms with Crippen LogP contribution in [0.25, 0.3) is 0 Å². The quantitative estimate of drug-likeness (QED) is 0.533. The first kappa shape index (κ1) is 22.1. The van der Waals surface area contributed by atoms with E-state index in [-0.39, 0.29) is 0 Å². The van der Waals surface area contributed by atoms with E-state index >= 15 is 0 Å². The van der Waals surface area contributed by atoms with Crippen LogP contribution in [0.3, 0.4) is 0 Å². The molecule has 1 aromatic carbocycles. The first-order chi connectivity index (χ1) is 11.2. The molecule has 0 aliphatic carbocycles. The van der Waals surface area contributed by atoms with Crippen LogP contribution in [-0.2, 0) is 32.4 Å². The Balaban J connectivity index is 3.77. The van der Waals surface area contributed by atoms with Gasteiger partial charge in [-0.3, -0.25) is 0 Å². The van der Waals surface area contributed by atoms with Gasteiger partial charge in [-0.1, -0.05) is 0 Å². The predicted octanol–water partition coefficient (Wildman–Crippen LogP) is 3.04. The Bertz CT molecular complexity index is 909. The molecule has 6 nitrogen and oxygen atoms in total. The SMILES string of the molecule is O=[N+](S(=O)(=O)c1cc(C(F)(F)F)cc(C(F)(F)F)c1)S(=O)(=O)C(F)(F)F. The zero-order valence-corrected chi connectivity index (χ0v) is 13.1. The number of sulfonamides is 2. The van der Waals surface area contributed by atoms with E-state index in [9.17, 15) is 61.3 Å². The maximum absolute atomic E-state index is 12.6. The third kappa shape index (κ3) is 4.08. The van der Waals surface area contributed by atoms with Crippen LogP contribution >= 0.6 is 0 Å². The molecule has 17 heteroatoms. The molecule has 1 aromatic rings. The highest BCUT2D eigenvalue weighted by Gasteiger charge is 2.64. The number of alkyl halides is 9. The van der Waals surface area contributed by atoms with Gasteiger partial charge in [0.25, 0.3) is 3.57 Å². The van der Waals surface area contributed by atoms with Gasteiger partial charge in [0.1, 0.15) is 4.90 Å². The smallest absolute Gasteiger partial charge is 0.166 e. The highest BCUT2D eigenvalue weighted by molar-refractivity contribution is 7.97. The zero-order chi connectivity index (χ0) is 20.9. The Morgan fingerprint density at radius 2 is 1.04 bits per heavy atom. The first-order valence-corrected chi connectivity index (χ1v) is 8.44. The summed E-state index contributed by atoms with van der Waals surface area (Å²) in [5.41, 5.74) is -11.1. The van der Waals surface area contributed by atoms with Crippen LogP contribution in [0.15, 0.2) is 23.1 Å². The van der Waals surface area contributed by atoms with Crippen LogP contribution in [0.4, 0.5) is 39.5 Å². The molecule has 0 saturated heterocycles. The van der Waals surface area contributed by atoms with E-state index in [1.807, 2.05) is 0 Å². The standard InChI is InChI=1S/C9H3F9NO5S2/c10-7(11,12)4-1-5(8(13,14)15)3-6(2-4)25(21,22)19(20)26(23,24)9(16,17)18/h1-3H/q+1. The van der Waals surface area contributed by atoms with E-state index in [1.54, 1.807) is 0 Å². The summed E-state index contributed by atoms with van der Waals surface area (Å²) >= 11 is 0. The van der Waals surface area contributed by atoms with E-state index in [2.05, 4.69) is 0 Å².